The first-order chi connectivity index (χ1) is 9.40. The lowest BCUT2D eigenvalue weighted by atomic mass is 9.78. The number of carbonyl (C=O) groups is 1. The first kappa shape index (κ1) is 13.6. The molecular weight excluding hydrogens is 280 g/mol. The van der Waals surface area contributed by atoms with Gasteiger partial charge in [-0.25, -0.2) is 4.79 Å². The number of fused-ring (bicyclic) bond motifs is 2. The Morgan fingerprint density at radius 2 is 1.90 bits per heavy atom. The van der Waals surface area contributed by atoms with Crippen molar-refractivity contribution in [1.82, 2.24) is 0 Å². The molecule has 0 saturated heterocycles. The summed E-state index contributed by atoms with van der Waals surface area (Å²) in [5.74, 6) is -0.289. The molecule has 0 unspecified atom stereocenters. The smallest absolute Gasteiger partial charge is 0.339 e. The minimum atomic E-state index is -3.44. The Balaban J connectivity index is 1.80. The Kier molecular flexibility index (Phi) is 3.10. The summed E-state index contributed by atoms with van der Waals surface area (Å²) >= 11 is 0. The molecular formula is C14H16O5S. The van der Waals surface area contributed by atoms with E-state index in [4.69, 9.17) is 8.92 Å². The van der Waals surface area contributed by atoms with Gasteiger partial charge in [0.1, 0.15) is 5.60 Å². The van der Waals surface area contributed by atoms with Gasteiger partial charge in [0.25, 0.3) is 10.1 Å². The van der Waals surface area contributed by atoms with Gasteiger partial charge in [-0.3, -0.25) is 4.18 Å². The zero-order chi connectivity index (χ0) is 14.4. The molecule has 3 rings (SSSR count). The number of rotatable bonds is 2. The lowest BCUT2D eigenvalue weighted by Gasteiger charge is -2.35. The van der Waals surface area contributed by atoms with Gasteiger partial charge in [0.2, 0.25) is 0 Å². The van der Waals surface area contributed by atoms with Crippen molar-refractivity contribution in [3.8, 4) is 0 Å². The number of esters is 1. The fourth-order valence-corrected chi connectivity index (χ4v) is 3.81. The van der Waals surface area contributed by atoms with Gasteiger partial charge in [0, 0.05) is 5.56 Å². The van der Waals surface area contributed by atoms with Crippen LogP contribution in [0.1, 0.15) is 41.6 Å². The SMILES string of the molecule is CS(=O)(=O)OC1CCC2(CC1)OC(=O)c1ccccc12. The van der Waals surface area contributed by atoms with Crippen LogP contribution in [0.4, 0.5) is 0 Å². The summed E-state index contributed by atoms with van der Waals surface area (Å²) in [5.41, 5.74) is 0.947. The van der Waals surface area contributed by atoms with E-state index in [0.29, 0.717) is 31.2 Å². The summed E-state index contributed by atoms with van der Waals surface area (Å²) in [6.07, 6.45) is 3.06. The van der Waals surface area contributed by atoms with E-state index < -0.39 is 15.7 Å². The number of hydrogen-bond acceptors (Lipinski definition) is 5. The normalized spacial score (nSPS) is 29.2. The highest BCUT2D eigenvalue weighted by molar-refractivity contribution is 7.86. The third-order valence-corrected chi connectivity index (χ3v) is 4.60. The number of benzene rings is 1. The molecule has 0 N–H and O–H groups in total. The molecule has 6 heteroatoms. The van der Waals surface area contributed by atoms with E-state index in [1.165, 1.54) is 0 Å². The van der Waals surface area contributed by atoms with Gasteiger partial charge in [-0.1, -0.05) is 18.2 Å². The monoisotopic (exact) mass is 296 g/mol. The standard InChI is InChI=1S/C14H16O5S/c1-20(16,17)19-10-6-8-14(9-7-10)12-5-3-2-4-11(12)13(15)18-14/h2-5,10H,6-9H2,1H3. The fraction of sp³-hybridized carbons (Fsp3) is 0.500. The quantitative estimate of drug-likeness (QED) is 0.616. The van der Waals surface area contributed by atoms with Crippen molar-refractivity contribution in [2.24, 2.45) is 0 Å². The molecule has 0 aromatic heterocycles. The summed E-state index contributed by atoms with van der Waals surface area (Å²) in [4.78, 5) is 11.9. The van der Waals surface area contributed by atoms with E-state index in [0.717, 1.165) is 11.8 Å². The lowest BCUT2D eigenvalue weighted by Crippen LogP contribution is -2.35. The van der Waals surface area contributed by atoms with Crippen molar-refractivity contribution in [1.29, 1.82) is 0 Å². The second kappa shape index (κ2) is 4.56. The molecule has 2 aliphatic rings. The number of carbonyl (C=O) groups excluding carboxylic acids is 1. The van der Waals surface area contributed by atoms with Crippen LogP contribution in [0.3, 0.4) is 0 Å². The van der Waals surface area contributed by atoms with Crippen LogP contribution in [0, 0.1) is 0 Å². The van der Waals surface area contributed by atoms with E-state index >= 15 is 0 Å². The Hall–Kier alpha value is -1.40. The minimum absolute atomic E-state index is 0.289. The van der Waals surface area contributed by atoms with Crippen LogP contribution in [0.25, 0.3) is 0 Å². The van der Waals surface area contributed by atoms with Gasteiger partial charge < -0.3 is 4.74 Å². The molecule has 0 radical (unpaired) electrons. The third kappa shape index (κ3) is 2.33. The highest BCUT2D eigenvalue weighted by atomic mass is 32.2. The average Bonchev–Trinajstić information content (AvgIpc) is 2.65. The predicted molar refractivity (Wildman–Crippen MR) is 71.7 cm³/mol. The molecule has 1 spiro atoms. The topological polar surface area (TPSA) is 69.7 Å². The summed E-state index contributed by atoms with van der Waals surface area (Å²) in [5, 5.41) is 0. The van der Waals surface area contributed by atoms with Crippen molar-refractivity contribution in [3.05, 3.63) is 35.4 Å². The van der Waals surface area contributed by atoms with Crippen LogP contribution in [0.15, 0.2) is 24.3 Å². The van der Waals surface area contributed by atoms with Gasteiger partial charge in [-0.05, 0) is 31.7 Å². The van der Waals surface area contributed by atoms with Gasteiger partial charge in [0.15, 0.2) is 0 Å². The zero-order valence-electron chi connectivity index (χ0n) is 11.2. The summed E-state index contributed by atoms with van der Waals surface area (Å²) in [7, 11) is -3.44. The Morgan fingerprint density at radius 3 is 2.55 bits per heavy atom. The zero-order valence-corrected chi connectivity index (χ0v) is 12.0. The molecule has 0 bridgehead atoms. The van der Waals surface area contributed by atoms with Crippen molar-refractivity contribution in [2.45, 2.75) is 37.4 Å². The molecule has 0 atom stereocenters. The molecule has 1 aliphatic heterocycles. The van der Waals surface area contributed by atoms with Crippen molar-refractivity contribution >= 4 is 16.1 Å². The summed E-state index contributed by atoms with van der Waals surface area (Å²) in [6.45, 7) is 0. The second-order valence-corrected chi connectivity index (χ2v) is 7.03. The van der Waals surface area contributed by atoms with E-state index in [-0.39, 0.29) is 12.1 Å². The van der Waals surface area contributed by atoms with Crippen molar-refractivity contribution < 1.29 is 22.1 Å². The fourth-order valence-electron chi connectivity index (χ4n) is 3.12. The molecule has 20 heavy (non-hydrogen) atoms. The molecule has 5 nitrogen and oxygen atoms in total. The van der Waals surface area contributed by atoms with E-state index in [1.54, 1.807) is 6.07 Å². The lowest BCUT2D eigenvalue weighted by molar-refractivity contribution is -0.0448. The van der Waals surface area contributed by atoms with E-state index in [9.17, 15) is 13.2 Å². The molecule has 1 aliphatic carbocycles. The van der Waals surface area contributed by atoms with Crippen LogP contribution >= 0.6 is 0 Å². The van der Waals surface area contributed by atoms with Crippen molar-refractivity contribution in [2.75, 3.05) is 6.26 Å². The maximum absolute atomic E-state index is 11.9. The third-order valence-electron chi connectivity index (χ3n) is 3.98. The van der Waals surface area contributed by atoms with E-state index in [1.807, 2.05) is 18.2 Å². The van der Waals surface area contributed by atoms with Crippen LogP contribution in [-0.2, 0) is 24.6 Å². The van der Waals surface area contributed by atoms with Crippen LogP contribution in [0.2, 0.25) is 0 Å². The summed E-state index contributed by atoms with van der Waals surface area (Å²) < 4.78 is 32.9. The van der Waals surface area contributed by atoms with Crippen LogP contribution < -0.4 is 0 Å². The predicted octanol–water partition coefficient (Wildman–Crippen LogP) is 1.97. The molecule has 108 valence electrons. The van der Waals surface area contributed by atoms with Gasteiger partial charge in [-0.2, -0.15) is 8.42 Å². The molecule has 1 aromatic carbocycles. The van der Waals surface area contributed by atoms with Gasteiger partial charge in [0.05, 0.1) is 17.9 Å². The number of hydrogen-bond donors (Lipinski definition) is 0. The Morgan fingerprint density at radius 1 is 1.25 bits per heavy atom. The summed E-state index contributed by atoms with van der Waals surface area (Å²) in [6, 6.07) is 7.39. The van der Waals surface area contributed by atoms with Crippen LogP contribution in [0.5, 0.6) is 0 Å². The van der Waals surface area contributed by atoms with E-state index in [2.05, 4.69) is 0 Å². The molecule has 1 aromatic rings. The van der Waals surface area contributed by atoms with Crippen molar-refractivity contribution in [3.63, 3.8) is 0 Å². The van der Waals surface area contributed by atoms with Gasteiger partial charge >= 0.3 is 5.97 Å². The maximum Gasteiger partial charge on any atom is 0.339 e. The van der Waals surface area contributed by atoms with Gasteiger partial charge in [-0.15, -0.1) is 0 Å². The largest absolute Gasteiger partial charge is 0.451 e. The molecule has 1 heterocycles. The minimum Gasteiger partial charge on any atom is -0.451 e. The number of ether oxygens (including phenoxy) is 1. The highest BCUT2D eigenvalue weighted by Gasteiger charge is 2.47. The Bertz CT molecular complexity index is 641. The molecule has 1 fully saturated rings. The Labute approximate surface area is 118 Å². The first-order valence-corrected chi connectivity index (χ1v) is 8.42. The maximum atomic E-state index is 11.9. The second-order valence-electron chi connectivity index (χ2n) is 5.43. The molecule has 0 amide bonds. The highest BCUT2D eigenvalue weighted by Crippen LogP contribution is 2.47. The average molecular weight is 296 g/mol. The van der Waals surface area contributed by atoms with Crippen LogP contribution in [-0.4, -0.2) is 26.7 Å². The molecule has 1 saturated carbocycles. The first-order valence-electron chi connectivity index (χ1n) is 6.61.